The van der Waals surface area contributed by atoms with Gasteiger partial charge in [-0.2, -0.15) is 0 Å². The van der Waals surface area contributed by atoms with Gasteiger partial charge in [0.05, 0.1) is 46.5 Å². The molecule has 0 amide bonds. The van der Waals surface area contributed by atoms with Crippen LogP contribution in [0.15, 0.2) is 16.1 Å². The topological polar surface area (TPSA) is 158 Å². The third-order valence-corrected chi connectivity index (χ3v) is 9.63. The van der Waals surface area contributed by atoms with E-state index in [9.17, 15) is 19.8 Å². The molecule has 0 radical (unpaired) electrons. The van der Waals surface area contributed by atoms with Crippen molar-refractivity contribution in [3.8, 4) is 0 Å². The molecule has 0 bridgehead atoms. The van der Waals surface area contributed by atoms with Crippen molar-refractivity contribution in [2.45, 2.75) is 123 Å². The number of unbranched alkanes of at least 4 members (excludes halogenated alkanes) is 1. The Hall–Kier alpha value is -2.30. The molecule has 2 aliphatic heterocycles. The highest BCUT2D eigenvalue weighted by Gasteiger charge is 2.53. The number of epoxide rings is 1. The van der Waals surface area contributed by atoms with Crippen molar-refractivity contribution in [3.63, 3.8) is 0 Å². The zero-order valence-corrected chi connectivity index (χ0v) is 26.0. The zero-order valence-electron chi connectivity index (χ0n) is 25.2. The van der Waals surface area contributed by atoms with Crippen LogP contribution in [0.2, 0.25) is 0 Å². The number of rotatable bonds is 7. The average Bonchev–Trinajstić information content (AvgIpc) is 3.35. The number of ether oxygens (including phenoxy) is 2. The summed E-state index contributed by atoms with van der Waals surface area (Å²) < 4.78 is 12.0. The van der Waals surface area contributed by atoms with Crippen LogP contribution in [-0.4, -0.2) is 63.5 Å². The molecule has 2 N–H and O–H groups in total. The number of azide groups is 1. The lowest BCUT2D eigenvalue weighted by atomic mass is 9.71. The Balaban J connectivity index is 1.85. The molecule has 1 aromatic heterocycles. The van der Waals surface area contributed by atoms with Gasteiger partial charge in [0.2, 0.25) is 0 Å². The lowest BCUT2D eigenvalue weighted by molar-refractivity contribution is -0.154. The molecule has 3 heterocycles. The first-order chi connectivity index (χ1) is 19.3. The van der Waals surface area contributed by atoms with E-state index in [1.807, 2.05) is 32.2 Å². The van der Waals surface area contributed by atoms with Crippen LogP contribution < -0.4 is 0 Å². The van der Waals surface area contributed by atoms with Gasteiger partial charge in [-0.3, -0.25) is 9.59 Å². The summed E-state index contributed by atoms with van der Waals surface area (Å²) in [5.41, 5.74) is 8.55. The molecule has 2 aliphatic rings. The molecule has 2 saturated heterocycles. The van der Waals surface area contributed by atoms with Crippen molar-refractivity contribution in [2.24, 2.45) is 22.4 Å². The number of thiazole rings is 1. The Morgan fingerprint density at radius 3 is 2.68 bits per heavy atom. The van der Waals surface area contributed by atoms with Crippen LogP contribution in [0.25, 0.3) is 16.5 Å². The molecule has 1 aromatic rings. The molecule has 0 spiro atoms. The monoisotopic (exact) mass is 590 g/mol. The molecule has 0 saturated carbocycles. The quantitative estimate of drug-likeness (QED) is 0.0993. The normalized spacial score (nSPS) is 33.4. The van der Waals surface area contributed by atoms with Gasteiger partial charge in [-0.15, -0.1) is 11.3 Å². The summed E-state index contributed by atoms with van der Waals surface area (Å²) in [7, 11) is 0. The van der Waals surface area contributed by atoms with Crippen LogP contribution in [0.3, 0.4) is 0 Å². The Bertz CT molecular complexity index is 1150. The number of esters is 1. The zero-order chi connectivity index (χ0) is 30.4. The van der Waals surface area contributed by atoms with E-state index < -0.39 is 35.6 Å². The molecular weight excluding hydrogens is 544 g/mol. The number of aliphatic hydroxyl groups is 2. The maximum Gasteiger partial charge on any atom is 0.309 e. The highest BCUT2D eigenvalue weighted by molar-refractivity contribution is 7.09. The summed E-state index contributed by atoms with van der Waals surface area (Å²) in [5, 5.41) is 28.9. The lowest BCUT2D eigenvalue weighted by Gasteiger charge is -2.36. The molecule has 0 aliphatic carbocycles. The van der Waals surface area contributed by atoms with E-state index in [4.69, 9.17) is 15.0 Å². The maximum absolute atomic E-state index is 13.9. The third-order valence-electron chi connectivity index (χ3n) is 8.84. The number of aromatic nitrogens is 1. The number of carbonyl (C=O) groups is 2. The van der Waals surface area contributed by atoms with Crippen LogP contribution in [0, 0.1) is 24.2 Å². The molecule has 2 fully saturated rings. The van der Waals surface area contributed by atoms with Crippen LogP contribution in [0.4, 0.5) is 0 Å². The molecule has 10 nitrogen and oxygen atoms in total. The number of aliphatic hydroxyl groups excluding tert-OH is 2. The highest BCUT2D eigenvalue weighted by Crippen LogP contribution is 2.45. The minimum absolute atomic E-state index is 0.0827. The molecular formula is C30H46N4O6S. The predicted octanol–water partition coefficient (Wildman–Crippen LogP) is 5.94. The van der Waals surface area contributed by atoms with E-state index in [2.05, 4.69) is 21.9 Å². The first-order valence-corrected chi connectivity index (χ1v) is 15.6. The number of hydrogen-bond donors (Lipinski definition) is 2. The van der Waals surface area contributed by atoms with E-state index in [1.165, 1.54) is 0 Å². The van der Waals surface area contributed by atoms with Crippen LogP contribution in [-0.2, 0) is 19.1 Å². The van der Waals surface area contributed by atoms with Crippen molar-refractivity contribution in [1.29, 1.82) is 0 Å². The molecule has 228 valence electrons. The van der Waals surface area contributed by atoms with Gasteiger partial charge < -0.3 is 19.7 Å². The van der Waals surface area contributed by atoms with Gasteiger partial charge in [-0.1, -0.05) is 38.7 Å². The summed E-state index contributed by atoms with van der Waals surface area (Å²) in [6.45, 7) is 11.4. The number of nitrogens with zero attached hydrogens (tertiary/aromatic N) is 4. The minimum Gasteiger partial charge on any atom is -0.458 e. The fourth-order valence-electron chi connectivity index (χ4n) is 5.75. The minimum atomic E-state index is -1.29. The molecule has 0 aromatic carbocycles. The Morgan fingerprint density at radius 2 is 2.02 bits per heavy atom. The van der Waals surface area contributed by atoms with E-state index in [0.29, 0.717) is 32.2 Å². The summed E-state index contributed by atoms with van der Waals surface area (Å²) in [5.74, 6) is -1.74. The van der Waals surface area contributed by atoms with E-state index >= 15 is 0 Å². The number of carbonyl (C=O) groups excluding carboxylic acids is 2. The largest absolute Gasteiger partial charge is 0.458 e. The second kappa shape index (κ2) is 14.2. The number of Topliss-reactive ketones (excluding diaryl/α,β-unsaturated/α-hetero) is 1. The Kier molecular flexibility index (Phi) is 11.5. The number of cyclic esters (lactones) is 1. The van der Waals surface area contributed by atoms with Crippen molar-refractivity contribution >= 4 is 29.2 Å². The fourth-order valence-corrected chi connectivity index (χ4v) is 6.33. The van der Waals surface area contributed by atoms with Crippen molar-refractivity contribution in [1.82, 2.24) is 4.98 Å². The summed E-state index contributed by atoms with van der Waals surface area (Å²) in [4.78, 5) is 34.3. The van der Waals surface area contributed by atoms with Crippen LogP contribution >= 0.6 is 11.3 Å². The highest BCUT2D eigenvalue weighted by atomic mass is 32.1. The van der Waals surface area contributed by atoms with Gasteiger partial charge in [0.1, 0.15) is 11.9 Å². The van der Waals surface area contributed by atoms with Gasteiger partial charge in [-0.05, 0) is 69.6 Å². The summed E-state index contributed by atoms with van der Waals surface area (Å²) in [6, 6.07) is 0. The third kappa shape index (κ3) is 8.85. The SMILES string of the molecule is C/C(=C\c1csc(C)n1)[C@@H]1CC2O[C@]2(C)CCC[C@H](C)[C@H](O)[C@@H](CCCCN=[N+]=[N-])C(=O)C(C)(C)[C@@H](O)CC(=O)O1. The second-order valence-electron chi connectivity index (χ2n) is 12.5. The summed E-state index contributed by atoms with van der Waals surface area (Å²) in [6.07, 6.45) is 3.13. The molecule has 7 atom stereocenters. The van der Waals surface area contributed by atoms with Gasteiger partial charge in [0, 0.05) is 29.2 Å². The first kappa shape index (κ1) is 33.2. The predicted molar refractivity (Wildman–Crippen MR) is 158 cm³/mol. The molecule has 1 unspecified atom stereocenters. The smallest absolute Gasteiger partial charge is 0.309 e. The molecule has 41 heavy (non-hydrogen) atoms. The standard InChI is InChI=1S/C30H46N4O6S/c1-18-10-9-12-30(6)25(40-30)15-23(19(2)14-21-17-41-20(3)33-21)39-26(36)16-24(35)29(4,5)28(38)22(27(18)37)11-7-8-13-32-34-31/h14,17-18,22-25,27,35,37H,7-13,15-16H2,1-6H3/b19-14+/t18-,22+,23-,24-,25?,27-,30+/m0/s1. The van der Waals surface area contributed by atoms with E-state index in [-0.39, 0.29) is 29.8 Å². The van der Waals surface area contributed by atoms with Gasteiger partial charge in [0.15, 0.2) is 0 Å². The van der Waals surface area contributed by atoms with Crippen LogP contribution in [0.1, 0.15) is 96.7 Å². The molecule has 11 heteroatoms. The molecule has 3 rings (SSSR count). The maximum atomic E-state index is 13.9. The average molecular weight is 591 g/mol. The van der Waals surface area contributed by atoms with Gasteiger partial charge in [0.25, 0.3) is 0 Å². The number of aryl methyl sites for hydroxylation is 1. The van der Waals surface area contributed by atoms with Gasteiger partial charge >= 0.3 is 5.97 Å². The van der Waals surface area contributed by atoms with Crippen LogP contribution in [0.5, 0.6) is 0 Å². The van der Waals surface area contributed by atoms with E-state index in [0.717, 1.165) is 35.5 Å². The fraction of sp³-hybridized carbons (Fsp3) is 0.767. The Morgan fingerprint density at radius 1 is 1.29 bits per heavy atom. The van der Waals surface area contributed by atoms with Crippen molar-refractivity contribution < 1.29 is 29.3 Å². The summed E-state index contributed by atoms with van der Waals surface area (Å²) >= 11 is 1.55. The van der Waals surface area contributed by atoms with Crippen molar-refractivity contribution in [3.05, 3.63) is 32.1 Å². The number of hydrogen-bond acceptors (Lipinski definition) is 9. The number of fused-ring (bicyclic) bond motifs is 1. The Labute approximate surface area is 247 Å². The second-order valence-corrected chi connectivity index (χ2v) is 13.6. The van der Waals surface area contributed by atoms with Gasteiger partial charge in [-0.25, -0.2) is 4.98 Å². The first-order valence-electron chi connectivity index (χ1n) is 14.7. The van der Waals surface area contributed by atoms with Crippen molar-refractivity contribution in [2.75, 3.05) is 6.54 Å². The van der Waals surface area contributed by atoms with E-state index in [1.54, 1.807) is 25.2 Å². The lowest BCUT2D eigenvalue weighted by Crippen LogP contribution is -2.46. The number of ketones is 1.